The molecule has 0 aliphatic heterocycles. The van der Waals surface area contributed by atoms with Gasteiger partial charge in [0.05, 0.1) is 11.7 Å². The van der Waals surface area contributed by atoms with Crippen LogP contribution in [-0.4, -0.2) is 35.7 Å². The van der Waals surface area contributed by atoms with Gasteiger partial charge in [0.2, 0.25) is 0 Å². The Hall–Kier alpha value is -2.92. The quantitative estimate of drug-likeness (QED) is 0.383. The number of carbonyl (C=O) groups is 2. The molecule has 148 valence electrons. The summed E-state index contributed by atoms with van der Waals surface area (Å²) < 4.78 is 11.0. The van der Waals surface area contributed by atoms with Crippen molar-refractivity contribution in [2.24, 2.45) is 0 Å². The number of hydrogen-bond acceptors (Lipinski definition) is 5. The van der Waals surface area contributed by atoms with Gasteiger partial charge in [0.25, 0.3) is 0 Å². The Bertz CT molecular complexity index is 798. The highest BCUT2D eigenvalue weighted by molar-refractivity contribution is 6.10. The van der Waals surface area contributed by atoms with Crippen LogP contribution in [0, 0.1) is 0 Å². The van der Waals surface area contributed by atoms with Crippen molar-refractivity contribution < 1.29 is 24.2 Å². The van der Waals surface area contributed by atoms with Crippen LogP contribution in [-0.2, 0) is 9.53 Å². The van der Waals surface area contributed by atoms with Gasteiger partial charge in [-0.05, 0) is 25.5 Å². The lowest BCUT2D eigenvalue weighted by Gasteiger charge is -2.20. The minimum Gasteiger partial charge on any atom is -0.490 e. The molecule has 2 unspecified atom stereocenters. The molecule has 0 spiro atoms. The minimum atomic E-state index is -0.830. The molecule has 0 aromatic heterocycles. The Morgan fingerprint density at radius 2 is 1.75 bits per heavy atom. The van der Waals surface area contributed by atoms with Crippen molar-refractivity contribution in [1.29, 1.82) is 0 Å². The largest absolute Gasteiger partial charge is 0.490 e. The lowest BCUT2D eigenvalue weighted by molar-refractivity contribution is -0.144. The Labute approximate surface area is 165 Å². The summed E-state index contributed by atoms with van der Waals surface area (Å²) in [7, 11) is 0. The van der Waals surface area contributed by atoms with E-state index in [0.29, 0.717) is 23.3 Å². The van der Waals surface area contributed by atoms with Gasteiger partial charge in [0.15, 0.2) is 5.78 Å². The maximum atomic E-state index is 12.7. The molecule has 0 amide bonds. The van der Waals surface area contributed by atoms with E-state index in [-0.39, 0.29) is 18.8 Å². The van der Waals surface area contributed by atoms with Crippen molar-refractivity contribution in [3.8, 4) is 5.75 Å². The maximum absolute atomic E-state index is 12.7. The third-order valence-corrected chi connectivity index (χ3v) is 4.17. The molecule has 0 aliphatic carbocycles. The van der Waals surface area contributed by atoms with Gasteiger partial charge in [-0.25, -0.2) is 4.79 Å². The van der Waals surface area contributed by atoms with Crippen LogP contribution in [0.3, 0.4) is 0 Å². The Kier molecular flexibility index (Phi) is 8.43. The summed E-state index contributed by atoms with van der Waals surface area (Å²) in [4.78, 5) is 24.3. The first-order chi connectivity index (χ1) is 13.5. The Morgan fingerprint density at radius 3 is 2.43 bits per heavy atom. The zero-order chi connectivity index (χ0) is 20.4. The van der Waals surface area contributed by atoms with E-state index in [2.05, 4.69) is 0 Å². The molecule has 0 heterocycles. The van der Waals surface area contributed by atoms with Crippen molar-refractivity contribution >= 4 is 11.8 Å². The monoisotopic (exact) mass is 382 g/mol. The van der Waals surface area contributed by atoms with Crippen LogP contribution >= 0.6 is 0 Å². The molecule has 2 atom stereocenters. The molecule has 0 saturated carbocycles. The molecule has 0 radical (unpaired) electrons. The van der Waals surface area contributed by atoms with Gasteiger partial charge < -0.3 is 14.6 Å². The second-order valence-corrected chi connectivity index (χ2v) is 6.36. The van der Waals surface area contributed by atoms with Gasteiger partial charge in [-0.1, -0.05) is 55.5 Å². The fraction of sp³-hybridized carbons (Fsp3) is 0.304. The SMILES string of the molecule is CC=CC(=O)OC(CC)CC(O)COc1ccccc1C(=O)c1ccccc1. The predicted octanol–water partition coefficient (Wildman–Crippen LogP) is 3.95. The van der Waals surface area contributed by atoms with E-state index in [0.717, 1.165) is 0 Å². The number of esters is 1. The highest BCUT2D eigenvalue weighted by Gasteiger charge is 2.19. The van der Waals surface area contributed by atoms with Crippen molar-refractivity contribution in [2.75, 3.05) is 6.61 Å². The maximum Gasteiger partial charge on any atom is 0.330 e. The van der Waals surface area contributed by atoms with E-state index in [4.69, 9.17) is 9.47 Å². The number of ether oxygens (including phenoxy) is 2. The average Bonchev–Trinajstić information content (AvgIpc) is 2.72. The number of carbonyl (C=O) groups excluding carboxylic acids is 2. The van der Waals surface area contributed by atoms with Crippen molar-refractivity contribution in [3.63, 3.8) is 0 Å². The highest BCUT2D eigenvalue weighted by atomic mass is 16.5. The molecule has 1 N–H and O–H groups in total. The van der Waals surface area contributed by atoms with Gasteiger partial charge in [-0.15, -0.1) is 0 Å². The molecule has 2 aromatic carbocycles. The number of rotatable bonds is 10. The number of aliphatic hydroxyl groups is 1. The van der Waals surface area contributed by atoms with Gasteiger partial charge in [-0.2, -0.15) is 0 Å². The van der Waals surface area contributed by atoms with Crippen LogP contribution in [0.15, 0.2) is 66.7 Å². The summed E-state index contributed by atoms with van der Waals surface area (Å²) in [6, 6.07) is 15.9. The fourth-order valence-electron chi connectivity index (χ4n) is 2.72. The molecule has 28 heavy (non-hydrogen) atoms. The van der Waals surface area contributed by atoms with Crippen molar-refractivity contribution in [2.45, 2.75) is 38.9 Å². The zero-order valence-electron chi connectivity index (χ0n) is 16.2. The van der Waals surface area contributed by atoms with Crippen LogP contribution in [0.2, 0.25) is 0 Å². The fourth-order valence-corrected chi connectivity index (χ4v) is 2.72. The summed E-state index contributed by atoms with van der Waals surface area (Å²) in [6.45, 7) is 3.62. The molecular formula is C23H26O5. The summed E-state index contributed by atoms with van der Waals surface area (Å²) in [5, 5.41) is 10.3. The lowest BCUT2D eigenvalue weighted by Crippen LogP contribution is -2.27. The van der Waals surface area contributed by atoms with Crippen LogP contribution in [0.1, 0.15) is 42.6 Å². The van der Waals surface area contributed by atoms with Gasteiger partial charge in [0, 0.05) is 18.1 Å². The molecular weight excluding hydrogens is 356 g/mol. The average molecular weight is 382 g/mol. The van der Waals surface area contributed by atoms with Crippen LogP contribution in [0.5, 0.6) is 5.75 Å². The highest BCUT2D eigenvalue weighted by Crippen LogP contribution is 2.22. The molecule has 2 rings (SSSR count). The van der Waals surface area contributed by atoms with Crippen molar-refractivity contribution in [1.82, 2.24) is 0 Å². The van der Waals surface area contributed by atoms with E-state index < -0.39 is 18.2 Å². The molecule has 0 fully saturated rings. The van der Waals surface area contributed by atoms with Crippen LogP contribution < -0.4 is 4.74 Å². The minimum absolute atomic E-state index is 0.00322. The van der Waals surface area contributed by atoms with Gasteiger partial charge >= 0.3 is 5.97 Å². The van der Waals surface area contributed by atoms with Gasteiger partial charge in [0.1, 0.15) is 18.5 Å². The zero-order valence-corrected chi connectivity index (χ0v) is 16.2. The molecule has 2 aromatic rings. The predicted molar refractivity (Wildman–Crippen MR) is 107 cm³/mol. The number of allylic oxidation sites excluding steroid dienone is 1. The summed E-state index contributed by atoms with van der Waals surface area (Å²) in [5.74, 6) is -0.159. The second-order valence-electron chi connectivity index (χ2n) is 6.36. The molecule has 5 nitrogen and oxygen atoms in total. The number of ketones is 1. The second kappa shape index (κ2) is 11.0. The summed E-state index contributed by atoms with van der Waals surface area (Å²) >= 11 is 0. The van der Waals surface area contributed by atoms with Crippen molar-refractivity contribution in [3.05, 3.63) is 77.9 Å². The number of benzene rings is 2. The number of hydrogen-bond donors (Lipinski definition) is 1. The molecule has 5 heteroatoms. The van der Waals surface area contributed by atoms with E-state index in [1.807, 2.05) is 13.0 Å². The first-order valence-electron chi connectivity index (χ1n) is 9.38. The molecule has 0 bridgehead atoms. The first kappa shape index (κ1) is 21.4. The third kappa shape index (κ3) is 6.35. The normalized spacial score (nSPS) is 13.1. The van der Waals surface area contributed by atoms with Crippen LogP contribution in [0.25, 0.3) is 0 Å². The van der Waals surface area contributed by atoms with E-state index in [9.17, 15) is 14.7 Å². The Balaban J connectivity index is 1.99. The van der Waals surface area contributed by atoms with E-state index in [1.165, 1.54) is 6.08 Å². The van der Waals surface area contributed by atoms with Crippen LogP contribution in [0.4, 0.5) is 0 Å². The summed E-state index contributed by atoms with van der Waals surface area (Å²) in [6.07, 6.45) is 2.57. The lowest BCUT2D eigenvalue weighted by atomic mass is 10.0. The topological polar surface area (TPSA) is 72.8 Å². The smallest absolute Gasteiger partial charge is 0.330 e. The first-order valence-corrected chi connectivity index (χ1v) is 9.38. The van der Waals surface area contributed by atoms with E-state index >= 15 is 0 Å². The van der Waals surface area contributed by atoms with Gasteiger partial charge in [-0.3, -0.25) is 4.79 Å². The number of para-hydroxylation sites is 1. The third-order valence-electron chi connectivity index (χ3n) is 4.17. The Morgan fingerprint density at radius 1 is 1.07 bits per heavy atom. The summed E-state index contributed by atoms with van der Waals surface area (Å²) in [5.41, 5.74) is 1.01. The van der Waals surface area contributed by atoms with E-state index in [1.54, 1.807) is 61.5 Å². The molecule has 0 aliphatic rings. The number of aliphatic hydroxyl groups excluding tert-OH is 1. The standard InChI is InChI=1S/C23H26O5/c1-3-10-22(25)28-19(4-2)15-18(24)16-27-21-14-9-8-13-20(21)23(26)17-11-6-5-7-12-17/h3,5-14,18-19,24H,4,15-16H2,1-2H3. The molecule has 0 saturated heterocycles.